The molecule has 0 unspecified atom stereocenters. The molecule has 0 radical (unpaired) electrons. The molecule has 1 saturated carbocycles. The summed E-state index contributed by atoms with van der Waals surface area (Å²) in [5.41, 5.74) is 0.459. The largest absolute Gasteiger partial charge is 0.231 e. The van der Waals surface area contributed by atoms with Gasteiger partial charge in [0.2, 0.25) is 0 Å². The summed E-state index contributed by atoms with van der Waals surface area (Å²) < 4.78 is 0. The van der Waals surface area contributed by atoms with Crippen LogP contribution in [0.15, 0.2) is 23.6 Å². The molecule has 0 N–H and O–H groups in total. The van der Waals surface area contributed by atoms with Crippen LogP contribution in [0.5, 0.6) is 0 Å². The molecular weight excluding hydrogens is 296 g/mol. The highest BCUT2D eigenvalue weighted by atomic mass is 79.9. The maximum atomic E-state index is 4.29. The number of halogens is 1. The van der Waals surface area contributed by atoms with E-state index in [0.717, 1.165) is 16.2 Å². The number of rotatable bonds is 4. The number of alkyl halides is 1. The number of hydrogen-bond donors (Lipinski definition) is 0. The normalized spacial score (nSPS) is 19.8. The van der Waals surface area contributed by atoms with E-state index in [-0.39, 0.29) is 0 Å². The maximum absolute atomic E-state index is 4.29. The Morgan fingerprint density at radius 2 is 1.76 bits per heavy atom. The third-order valence-electron chi connectivity index (χ3n) is 3.50. The van der Waals surface area contributed by atoms with E-state index in [1.807, 2.05) is 30.2 Å². The van der Waals surface area contributed by atoms with E-state index < -0.39 is 0 Å². The second-order valence-electron chi connectivity index (χ2n) is 4.87. The number of aromatic nitrogens is 2. The van der Waals surface area contributed by atoms with Gasteiger partial charge in [0, 0.05) is 23.5 Å². The van der Waals surface area contributed by atoms with Crippen molar-refractivity contribution in [2.45, 2.75) is 43.7 Å². The third-order valence-corrected chi connectivity index (χ3v) is 5.91. The van der Waals surface area contributed by atoms with E-state index in [2.05, 4.69) is 25.9 Å². The molecule has 1 aliphatic rings. The third kappa shape index (κ3) is 3.95. The average molecular weight is 315 g/mol. The van der Waals surface area contributed by atoms with Crippen LogP contribution in [0.3, 0.4) is 0 Å². The minimum absolute atomic E-state index is 0.459. The summed E-state index contributed by atoms with van der Waals surface area (Å²) in [4.78, 5) is 8.58. The zero-order valence-electron chi connectivity index (χ0n) is 10.1. The van der Waals surface area contributed by atoms with Crippen molar-refractivity contribution < 1.29 is 0 Å². The van der Waals surface area contributed by atoms with Crippen LogP contribution >= 0.6 is 27.7 Å². The molecule has 0 aliphatic heterocycles. The van der Waals surface area contributed by atoms with Crippen molar-refractivity contribution in [2.75, 3.05) is 11.1 Å². The van der Waals surface area contributed by atoms with Crippen LogP contribution < -0.4 is 0 Å². The zero-order valence-corrected chi connectivity index (χ0v) is 12.5. The smallest absolute Gasteiger partial charge is 0.187 e. The van der Waals surface area contributed by atoms with E-state index in [1.54, 1.807) is 0 Å². The van der Waals surface area contributed by atoms with Gasteiger partial charge in [-0.25, -0.2) is 9.97 Å². The lowest BCUT2D eigenvalue weighted by atomic mass is 9.85. The highest BCUT2D eigenvalue weighted by Crippen LogP contribution is 2.40. The number of nitrogens with zero attached hydrogens (tertiary/aromatic N) is 2. The molecule has 1 aromatic rings. The second kappa shape index (κ2) is 6.74. The van der Waals surface area contributed by atoms with Gasteiger partial charge in [-0.3, -0.25) is 0 Å². The molecule has 1 aliphatic carbocycles. The Labute approximate surface area is 116 Å². The molecule has 0 bridgehead atoms. The molecule has 1 heterocycles. The highest BCUT2D eigenvalue weighted by Gasteiger charge is 2.30. The fourth-order valence-corrected chi connectivity index (χ4v) is 4.49. The average Bonchev–Trinajstić information content (AvgIpc) is 2.64. The van der Waals surface area contributed by atoms with Crippen molar-refractivity contribution in [1.82, 2.24) is 9.97 Å². The standard InChI is InChI=1S/C13H19BrN2S/c14-10-13(6-3-1-2-4-7-13)11-17-12-15-8-5-9-16-12/h5,8-9H,1-4,6-7,10-11H2. The first kappa shape index (κ1) is 13.3. The van der Waals surface area contributed by atoms with E-state index in [1.165, 1.54) is 38.5 Å². The van der Waals surface area contributed by atoms with E-state index in [9.17, 15) is 0 Å². The number of hydrogen-bond acceptors (Lipinski definition) is 3. The van der Waals surface area contributed by atoms with Crippen LogP contribution in [0.4, 0.5) is 0 Å². The van der Waals surface area contributed by atoms with Crippen molar-refractivity contribution in [3.63, 3.8) is 0 Å². The molecule has 4 heteroatoms. The van der Waals surface area contributed by atoms with Crippen LogP contribution in [-0.2, 0) is 0 Å². The van der Waals surface area contributed by atoms with Crippen LogP contribution in [-0.4, -0.2) is 21.1 Å². The van der Waals surface area contributed by atoms with E-state index in [0.29, 0.717) is 5.41 Å². The highest BCUT2D eigenvalue weighted by molar-refractivity contribution is 9.09. The van der Waals surface area contributed by atoms with Crippen molar-refractivity contribution in [2.24, 2.45) is 5.41 Å². The predicted molar refractivity (Wildman–Crippen MR) is 76.7 cm³/mol. The van der Waals surface area contributed by atoms with Gasteiger partial charge in [-0.1, -0.05) is 53.4 Å². The summed E-state index contributed by atoms with van der Waals surface area (Å²) in [7, 11) is 0. The first-order valence-electron chi connectivity index (χ1n) is 6.30. The first-order valence-corrected chi connectivity index (χ1v) is 8.41. The van der Waals surface area contributed by atoms with Crippen LogP contribution in [0.1, 0.15) is 38.5 Å². The molecule has 0 saturated heterocycles. The molecule has 0 aromatic carbocycles. The van der Waals surface area contributed by atoms with Gasteiger partial charge in [0.15, 0.2) is 5.16 Å². The fraction of sp³-hybridized carbons (Fsp3) is 0.692. The van der Waals surface area contributed by atoms with E-state index in [4.69, 9.17) is 0 Å². The van der Waals surface area contributed by atoms with Gasteiger partial charge in [0.1, 0.15) is 0 Å². The van der Waals surface area contributed by atoms with Gasteiger partial charge in [0.05, 0.1) is 0 Å². The summed E-state index contributed by atoms with van der Waals surface area (Å²) in [6.45, 7) is 0. The lowest BCUT2D eigenvalue weighted by molar-refractivity contribution is 0.334. The topological polar surface area (TPSA) is 25.8 Å². The quantitative estimate of drug-likeness (QED) is 0.358. The maximum Gasteiger partial charge on any atom is 0.187 e. The monoisotopic (exact) mass is 314 g/mol. The molecular formula is C13H19BrN2S. The molecule has 1 fully saturated rings. The second-order valence-corrected chi connectivity index (χ2v) is 6.37. The van der Waals surface area contributed by atoms with Gasteiger partial charge in [-0.15, -0.1) is 0 Å². The first-order chi connectivity index (χ1) is 8.35. The van der Waals surface area contributed by atoms with Crippen molar-refractivity contribution >= 4 is 27.7 Å². The fourth-order valence-electron chi connectivity index (χ4n) is 2.37. The predicted octanol–water partition coefficient (Wildman–Crippen LogP) is 4.30. The Kier molecular flexibility index (Phi) is 5.29. The molecule has 17 heavy (non-hydrogen) atoms. The van der Waals surface area contributed by atoms with Gasteiger partial charge in [0.25, 0.3) is 0 Å². The Morgan fingerprint density at radius 1 is 1.12 bits per heavy atom. The Bertz CT molecular complexity index is 323. The summed E-state index contributed by atoms with van der Waals surface area (Å²) in [6.07, 6.45) is 11.9. The number of thioether (sulfide) groups is 1. The van der Waals surface area contributed by atoms with Crippen LogP contribution in [0, 0.1) is 5.41 Å². The minimum atomic E-state index is 0.459. The summed E-state index contributed by atoms with van der Waals surface area (Å²) in [5.74, 6) is 1.14. The van der Waals surface area contributed by atoms with Crippen LogP contribution in [0.25, 0.3) is 0 Å². The van der Waals surface area contributed by atoms with Gasteiger partial charge < -0.3 is 0 Å². The Balaban J connectivity index is 1.94. The van der Waals surface area contributed by atoms with Crippen molar-refractivity contribution in [3.05, 3.63) is 18.5 Å². The molecule has 94 valence electrons. The van der Waals surface area contributed by atoms with Gasteiger partial charge in [-0.2, -0.15) is 0 Å². The van der Waals surface area contributed by atoms with Crippen molar-refractivity contribution in [3.8, 4) is 0 Å². The minimum Gasteiger partial charge on any atom is -0.231 e. The van der Waals surface area contributed by atoms with E-state index >= 15 is 0 Å². The van der Waals surface area contributed by atoms with Gasteiger partial charge in [-0.05, 0) is 24.3 Å². The summed E-state index contributed by atoms with van der Waals surface area (Å²) in [5, 5.41) is 2.02. The summed E-state index contributed by atoms with van der Waals surface area (Å²) in [6, 6.07) is 1.87. The molecule has 2 nitrogen and oxygen atoms in total. The molecule has 1 aromatic heterocycles. The molecule has 0 amide bonds. The van der Waals surface area contributed by atoms with Gasteiger partial charge >= 0.3 is 0 Å². The summed E-state index contributed by atoms with van der Waals surface area (Å²) >= 11 is 5.53. The molecule has 2 rings (SSSR count). The van der Waals surface area contributed by atoms with Crippen molar-refractivity contribution in [1.29, 1.82) is 0 Å². The zero-order chi connectivity index (χ0) is 12.0. The molecule has 0 atom stereocenters. The SMILES string of the molecule is BrCC1(CSc2ncccn2)CCCCCC1. The lowest BCUT2D eigenvalue weighted by Crippen LogP contribution is -2.25. The molecule has 0 spiro atoms. The van der Waals surface area contributed by atoms with Crippen LogP contribution in [0.2, 0.25) is 0 Å². The lowest BCUT2D eigenvalue weighted by Gasteiger charge is -2.30. The Morgan fingerprint density at radius 3 is 2.35 bits per heavy atom. The Hall–Kier alpha value is -0.0900.